The molecular weight excluding hydrogens is 182 g/mol. The maximum absolute atomic E-state index is 5.84. The number of hydrogen-bond acceptors (Lipinski definition) is 3. The Hall–Kier alpha value is -0.670. The molecule has 0 aliphatic carbocycles. The van der Waals surface area contributed by atoms with E-state index in [1.807, 2.05) is 24.3 Å². The minimum atomic E-state index is 0.108. The molecule has 2 nitrogen and oxygen atoms in total. The first-order valence-corrected chi connectivity index (χ1v) is 5.55. The van der Waals surface area contributed by atoms with Crippen LogP contribution in [0.25, 0.3) is 0 Å². The van der Waals surface area contributed by atoms with Crippen molar-refractivity contribution >= 4 is 17.4 Å². The van der Waals surface area contributed by atoms with Gasteiger partial charge < -0.3 is 10.5 Å². The topological polar surface area (TPSA) is 35.2 Å². The Morgan fingerprint density at radius 3 is 2.69 bits per heavy atom. The number of methoxy groups -OCH3 is 1. The summed E-state index contributed by atoms with van der Waals surface area (Å²) in [5, 5.41) is 0. The molecule has 0 spiro atoms. The second-order valence-electron chi connectivity index (χ2n) is 2.81. The van der Waals surface area contributed by atoms with Crippen molar-refractivity contribution in [2.75, 3.05) is 24.9 Å². The fraction of sp³-hybridized carbons (Fsp3) is 0.400. The lowest BCUT2D eigenvalue weighted by atomic mass is 10.1. The Kier molecular flexibility index (Phi) is 4.12. The number of hydrogen-bond donors (Lipinski definition) is 1. The average Bonchev–Trinajstić information content (AvgIpc) is 2.16. The standard InChI is InChI=1S/C10H15NOS/c1-12-10(7-13-2)8-5-3-4-6-9(8)11/h3-6,10H,7,11H2,1-2H3. The first-order valence-electron chi connectivity index (χ1n) is 4.15. The predicted molar refractivity (Wildman–Crippen MR) is 59.0 cm³/mol. The van der Waals surface area contributed by atoms with Crippen LogP contribution in [0.2, 0.25) is 0 Å². The summed E-state index contributed by atoms with van der Waals surface area (Å²) >= 11 is 1.76. The molecule has 0 radical (unpaired) electrons. The van der Waals surface area contributed by atoms with Crippen molar-refractivity contribution in [3.8, 4) is 0 Å². The minimum absolute atomic E-state index is 0.108. The molecule has 72 valence electrons. The van der Waals surface area contributed by atoms with E-state index in [0.29, 0.717) is 0 Å². The smallest absolute Gasteiger partial charge is 0.0931 e. The predicted octanol–water partition coefficient (Wildman–Crippen LogP) is 2.32. The highest BCUT2D eigenvalue weighted by Gasteiger charge is 2.11. The first-order chi connectivity index (χ1) is 6.29. The Labute approximate surface area is 83.5 Å². The van der Waals surface area contributed by atoms with Crippen molar-refractivity contribution < 1.29 is 4.74 Å². The summed E-state index contributed by atoms with van der Waals surface area (Å²) in [7, 11) is 1.72. The van der Waals surface area contributed by atoms with Gasteiger partial charge in [0.05, 0.1) is 6.10 Å². The maximum atomic E-state index is 5.84. The van der Waals surface area contributed by atoms with Gasteiger partial charge in [-0.05, 0) is 12.3 Å². The highest BCUT2D eigenvalue weighted by molar-refractivity contribution is 7.98. The molecule has 1 aromatic rings. The van der Waals surface area contributed by atoms with E-state index in [9.17, 15) is 0 Å². The van der Waals surface area contributed by atoms with Crippen LogP contribution in [-0.2, 0) is 4.74 Å². The Balaban J connectivity index is 2.84. The largest absolute Gasteiger partial charge is 0.398 e. The summed E-state index contributed by atoms with van der Waals surface area (Å²) in [6.45, 7) is 0. The summed E-state index contributed by atoms with van der Waals surface area (Å²) in [6, 6.07) is 7.84. The number of nitrogens with two attached hydrogens (primary N) is 1. The number of para-hydroxylation sites is 1. The molecule has 0 amide bonds. The number of nitrogen functional groups attached to an aromatic ring is 1. The molecule has 0 saturated heterocycles. The van der Waals surface area contributed by atoms with Crippen LogP contribution in [0.3, 0.4) is 0 Å². The van der Waals surface area contributed by atoms with Crippen LogP contribution in [0.5, 0.6) is 0 Å². The molecule has 1 unspecified atom stereocenters. The van der Waals surface area contributed by atoms with Gasteiger partial charge in [0.1, 0.15) is 0 Å². The normalized spacial score (nSPS) is 12.8. The zero-order valence-corrected chi connectivity index (χ0v) is 8.80. The van der Waals surface area contributed by atoms with Gasteiger partial charge in [0.15, 0.2) is 0 Å². The van der Waals surface area contributed by atoms with Gasteiger partial charge in [-0.1, -0.05) is 18.2 Å². The molecule has 0 saturated carbocycles. The number of rotatable bonds is 4. The number of thioether (sulfide) groups is 1. The Morgan fingerprint density at radius 1 is 1.46 bits per heavy atom. The zero-order valence-electron chi connectivity index (χ0n) is 7.99. The van der Waals surface area contributed by atoms with Crippen LogP contribution in [0.15, 0.2) is 24.3 Å². The van der Waals surface area contributed by atoms with Gasteiger partial charge in [0.2, 0.25) is 0 Å². The molecule has 0 bridgehead atoms. The summed E-state index contributed by atoms with van der Waals surface area (Å²) < 4.78 is 5.36. The van der Waals surface area contributed by atoms with E-state index in [1.54, 1.807) is 18.9 Å². The molecule has 1 atom stereocenters. The van der Waals surface area contributed by atoms with E-state index in [0.717, 1.165) is 17.0 Å². The third kappa shape index (κ3) is 2.64. The molecule has 0 aromatic heterocycles. The van der Waals surface area contributed by atoms with Gasteiger partial charge in [-0.2, -0.15) is 11.8 Å². The lowest BCUT2D eigenvalue weighted by molar-refractivity contribution is 0.124. The van der Waals surface area contributed by atoms with E-state index in [4.69, 9.17) is 10.5 Å². The van der Waals surface area contributed by atoms with Crippen LogP contribution in [0.1, 0.15) is 11.7 Å². The number of ether oxygens (including phenoxy) is 1. The molecule has 2 N–H and O–H groups in total. The third-order valence-electron chi connectivity index (χ3n) is 1.95. The molecule has 0 heterocycles. The van der Waals surface area contributed by atoms with Gasteiger partial charge in [-0.15, -0.1) is 0 Å². The summed E-state index contributed by atoms with van der Waals surface area (Å²) in [4.78, 5) is 0. The average molecular weight is 197 g/mol. The fourth-order valence-corrected chi connectivity index (χ4v) is 1.86. The maximum Gasteiger partial charge on any atom is 0.0931 e. The van der Waals surface area contributed by atoms with E-state index in [1.165, 1.54) is 0 Å². The van der Waals surface area contributed by atoms with Gasteiger partial charge in [-0.25, -0.2) is 0 Å². The molecule has 1 aromatic carbocycles. The van der Waals surface area contributed by atoms with Crippen molar-refractivity contribution in [3.05, 3.63) is 29.8 Å². The van der Waals surface area contributed by atoms with Crippen LogP contribution in [0.4, 0.5) is 5.69 Å². The number of anilines is 1. The van der Waals surface area contributed by atoms with Crippen molar-refractivity contribution in [1.82, 2.24) is 0 Å². The number of benzene rings is 1. The van der Waals surface area contributed by atoms with Crippen molar-refractivity contribution in [2.45, 2.75) is 6.10 Å². The zero-order chi connectivity index (χ0) is 9.68. The second-order valence-corrected chi connectivity index (χ2v) is 3.72. The molecule has 0 aliphatic rings. The minimum Gasteiger partial charge on any atom is -0.398 e. The molecule has 3 heteroatoms. The third-order valence-corrected chi connectivity index (χ3v) is 2.58. The van der Waals surface area contributed by atoms with E-state index < -0.39 is 0 Å². The quantitative estimate of drug-likeness (QED) is 0.752. The van der Waals surface area contributed by atoms with Gasteiger partial charge >= 0.3 is 0 Å². The fourth-order valence-electron chi connectivity index (χ4n) is 1.24. The molecular formula is C10H15NOS. The van der Waals surface area contributed by atoms with Gasteiger partial charge in [-0.3, -0.25) is 0 Å². The van der Waals surface area contributed by atoms with E-state index in [2.05, 4.69) is 6.26 Å². The van der Waals surface area contributed by atoms with Crippen molar-refractivity contribution in [1.29, 1.82) is 0 Å². The van der Waals surface area contributed by atoms with Gasteiger partial charge in [0, 0.05) is 24.1 Å². The van der Waals surface area contributed by atoms with Crippen molar-refractivity contribution in [2.24, 2.45) is 0 Å². The molecule has 13 heavy (non-hydrogen) atoms. The van der Waals surface area contributed by atoms with E-state index >= 15 is 0 Å². The second kappa shape index (κ2) is 5.14. The highest BCUT2D eigenvalue weighted by Crippen LogP contribution is 2.25. The molecule has 1 rings (SSSR count). The SMILES string of the molecule is COC(CSC)c1ccccc1N. The Bertz CT molecular complexity index is 265. The summed E-state index contributed by atoms with van der Waals surface area (Å²) in [6.07, 6.45) is 2.17. The summed E-state index contributed by atoms with van der Waals surface area (Å²) in [5.74, 6) is 0.935. The van der Waals surface area contributed by atoms with Crippen molar-refractivity contribution in [3.63, 3.8) is 0 Å². The summed E-state index contributed by atoms with van der Waals surface area (Å²) in [5.41, 5.74) is 7.73. The van der Waals surface area contributed by atoms with Crippen LogP contribution in [-0.4, -0.2) is 19.1 Å². The van der Waals surface area contributed by atoms with E-state index in [-0.39, 0.29) is 6.10 Å². The van der Waals surface area contributed by atoms with Crippen LogP contribution in [0, 0.1) is 0 Å². The monoisotopic (exact) mass is 197 g/mol. The lowest BCUT2D eigenvalue weighted by Crippen LogP contribution is -2.07. The molecule has 0 aliphatic heterocycles. The molecule has 0 fully saturated rings. The first kappa shape index (κ1) is 10.4. The lowest BCUT2D eigenvalue weighted by Gasteiger charge is -2.16. The van der Waals surface area contributed by atoms with Gasteiger partial charge in [0.25, 0.3) is 0 Å². The Morgan fingerprint density at radius 2 is 2.15 bits per heavy atom. The highest BCUT2D eigenvalue weighted by atomic mass is 32.2. The van der Waals surface area contributed by atoms with Crippen LogP contribution >= 0.6 is 11.8 Å². The van der Waals surface area contributed by atoms with Crippen LogP contribution < -0.4 is 5.73 Å².